The Bertz CT molecular complexity index is 647. The molecule has 1 aromatic heterocycles. The van der Waals surface area contributed by atoms with Crippen LogP contribution in [0.4, 0.5) is 5.82 Å². The van der Waals surface area contributed by atoms with Gasteiger partial charge in [0.2, 0.25) is 0 Å². The van der Waals surface area contributed by atoms with Crippen molar-refractivity contribution in [1.29, 1.82) is 0 Å². The number of benzene rings is 1. The Morgan fingerprint density at radius 2 is 1.88 bits per heavy atom. The van der Waals surface area contributed by atoms with Crippen molar-refractivity contribution in [3.05, 3.63) is 42.4 Å². The molecule has 0 spiro atoms. The summed E-state index contributed by atoms with van der Waals surface area (Å²) in [6.45, 7) is 3.61. The van der Waals surface area contributed by atoms with E-state index in [0.717, 1.165) is 24.5 Å². The molecule has 0 atom stereocenters. The predicted molar refractivity (Wildman–Crippen MR) is 91.6 cm³/mol. The lowest BCUT2D eigenvalue weighted by Crippen LogP contribution is -2.29. The van der Waals surface area contributed by atoms with Crippen LogP contribution in [0.2, 0.25) is 0 Å². The van der Waals surface area contributed by atoms with E-state index in [4.69, 9.17) is 9.47 Å². The highest BCUT2D eigenvalue weighted by atomic mass is 16.5. The van der Waals surface area contributed by atoms with Crippen LogP contribution in [0, 0.1) is 0 Å². The molecule has 0 fully saturated rings. The van der Waals surface area contributed by atoms with Crippen LogP contribution in [0.1, 0.15) is 23.8 Å². The predicted octanol–water partition coefficient (Wildman–Crippen LogP) is 2.12. The van der Waals surface area contributed by atoms with Crippen molar-refractivity contribution in [2.75, 3.05) is 32.1 Å². The van der Waals surface area contributed by atoms with Crippen molar-refractivity contribution >= 4 is 11.7 Å². The van der Waals surface area contributed by atoms with Crippen LogP contribution >= 0.6 is 0 Å². The maximum Gasteiger partial charge on any atom is 0.270 e. The van der Waals surface area contributed by atoms with Gasteiger partial charge in [0.05, 0.1) is 13.7 Å². The lowest BCUT2D eigenvalue weighted by Gasteiger charge is -2.09. The minimum atomic E-state index is -0.254. The molecular formula is C17H22N4O3. The molecule has 2 aromatic rings. The first-order chi connectivity index (χ1) is 11.7. The van der Waals surface area contributed by atoms with Gasteiger partial charge in [-0.15, -0.1) is 0 Å². The molecule has 128 valence electrons. The van der Waals surface area contributed by atoms with Gasteiger partial charge in [0.15, 0.2) is 0 Å². The molecule has 1 aromatic carbocycles. The molecule has 24 heavy (non-hydrogen) atoms. The fraction of sp³-hybridized carbons (Fsp3) is 0.353. The van der Waals surface area contributed by atoms with Gasteiger partial charge in [-0.05, 0) is 30.7 Å². The summed E-state index contributed by atoms with van der Waals surface area (Å²) in [5.41, 5.74) is 0.327. The van der Waals surface area contributed by atoms with Crippen molar-refractivity contribution < 1.29 is 14.3 Å². The number of carbonyl (C=O) groups excluding carboxylic acids is 1. The topological polar surface area (TPSA) is 85.4 Å². The molecule has 2 rings (SSSR count). The first kappa shape index (κ1) is 17.5. The molecular weight excluding hydrogens is 308 g/mol. The fourth-order valence-corrected chi connectivity index (χ4v) is 1.93. The van der Waals surface area contributed by atoms with Gasteiger partial charge < -0.3 is 20.1 Å². The zero-order valence-electron chi connectivity index (χ0n) is 13.9. The Hall–Kier alpha value is -2.83. The largest absolute Gasteiger partial charge is 0.497 e. The summed E-state index contributed by atoms with van der Waals surface area (Å²) >= 11 is 0. The van der Waals surface area contributed by atoms with Crippen LogP contribution in [0.5, 0.6) is 11.5 Å². The second-order valence-corrected chi connectivity index (χ2v) is 5.00. The van der Waals surface area contributed by atoms with Crippen LogP contribution in [-0.4, -0.2) is 42.7 Å². The summed E-state index contributed by atoms with van der Waals surface area (Å²) in [5, 5.41) is 5.89. The first-order valence-corrected chi connectivity index (χ1v) is 7.84. The molecule has 0 unspecified atom stereocenters. The van der Waals surface area contributed by atoms with Gasteiger partial charge in [0, 0.05) is 12.6 Å². The third-order valence-electron chi connectivity index (χ3n) is 3.17. The maximum atomic E-state index is 12.1. The highest BCUT2D eigenvalue weighted by molar-refractivity contribution is 5.92. The van der Waals surface area contributed by atoms with E-state index in [1.807, 2.05) is 24.3 Å². The van der Waals surface area contributed by atoms with E-state index < -0.39 is 0 Å². The van der Waals surface area contributed by atoms with E-state index >= 15 is 0 Å². The Morgan fingerprint density at radius 1 is 1.12 bits per heavy atom. The Kier molecular flexibility index (Phi) is 6.82. The second-order valence-electron chi connectivity index (χ2n) is 5.00. The van der Waals surface area contributed by atoms with Crippen LogP contribution in [0.3, 0.4) is 0 Å². The number of methoxy groups -OCH3 is 1. The number of aromatic nitrogens is 2. The number of carbonyl (C=O) groups is 1. The zero-order chi connectivity index (χ0) is 17.2. The number of amides is 1. The quantitative estimate of drug-likeness (QED) is 0.685. The molecule has 0 saturated carbocycles. The summed E-state index contributed by atoms with van der Waals surface area (Å²) in [6, 6.07) is 8.90. The van der Waals surface area contributed by atoms with Gasteiger partial charge in [0.1, 0.15) is 35.9 Å². The van der Waals surface area contributed by atoms with E-state index in [1.165, 1.54) is 6.33 Å². The Labute approximate surface area is 141 Å². The average Bonchev–Trinajstić information content (AvgIpc) is 2.64. The standard InChI is InChI=1S/C17H22N4O3/c1-3-8-18-16-11-15(20-12-21-16)17(22)19-9-10-24-14-6-4-13(23-2)5-7-14/h4-7,11-12H,3,8-10H2,1-2H3,(H,19,22)(H,18,20,21). The number of anilines is 1. The van der Waals surface area contributed by atoms with Gasteiger partial charge in [-0.1, -0.05) is 6.92 Å². The number of hydrogen-bond acceptors (Lipinski definition) is 6. The summed E-state index contributed by atoms with van der Waals surface area (Å²) in [4.78, 5) is 20.1. The van der Waals surface area contributed by atoms with Gasteiger partial charge in [0.25, 0.3) is 5.91 Å². The first-order valence-electron chi connectivity index (χ1n) is 7.84. The smallest absolute Gasteiger partial charge is 0.270 e. The van der Waals surface area contributed by atoms with E-state index in [-0.39, 0.29) is 5.91 Å². The lowest BCUT2D eigenvalue weighted by molar-refractivity contribution is 0.0942. The molecule has 0 saturated heterocycles. The van der Waals surface area contributed by atoms with Crippen molar-refractivity contribution in [2.45, 2.75) is 13.3 Å². The number of nitrogens with zero attached hydrogens (tertiary/aromatic N) is 2. The maximum absolute atomic E-state index is 12.1. The van der Waals surface area contributed by atoms with Crippen molar-refractivity contribution in [1.82, 2.24) is 15.3 Å². The van der Waals surface area contributed by atoms with Crippen LogP contribution in [-0.2, 0) is 0 Å². The molecule has 1 amide bonds. The molecule has 0 aliphatic heterocycles. The van der Waals surface area contributed by atoms with E-state index in [0.29, 0.717) is 24.7 Å². The lowest BCUT2D eigenvalue weighted by atomic mass is 10.3. The van der Waals surface area contributed by atoms with Crippen molar-refractivity contribution in [3.63, 3.8) is 0 Å². The summed E-state index contributed by atoms with van der Waals surface area (Å²) in [6.07, 6.45) is 2.36. The number of nitrogens with one attached hydrogen (secondary N) is 2. The summed E-state index contributed by atoms with van der Waals surface area (Å²) < 4.78 is 10.6. The molecule has 0 aliphatic rings. The highest BCUT2D eigenvalue weighted by Crippen LogP contribution is 2.16. The third-order valence-corrected chi connectivity index (χ3v) is 3.17. The Morgan fingerprint density at radius 3 is 2.58 bits per heavy atom. The molecule has 7 nitrogen and oxygen atoms in total. The van der Waals surface area contributed by atoms with Crippen LogP contribution < -0.4 is 20.1 Å². The minimum absolute atomic E-state index is 0.254. The van der Waals surface area contributed by atoms with Gasteiger partial charge in [-0.2, -0.15) is 0 Å². The summed E-state index contributed by atoms with van der Waals surface area (Å²) in [7, 11) is 1.61. The van der Waals surface area contributed by atoms with Crippen LogP contribution in [0.15, 0.2) is 36.7 Å². The molecule has 7 heteroatoms. The van der Waals surface area contributed by atoms with Gasteiger partial charge >= 0.3 is 0 Å². The van der Waals surface area contributed by atoms with E-state index in [1.54, 1.807) is 13.2 Å². The number of rotatable bonds is 9. The van der Waals surface area contributed by atoms with Crippen LogP contribution in [0.25, 0.3) is 0 Å². The molecule has 0 aliphatic carbocycles. The zero-order valence-corrected chi connectivity index (χ0v) is 13.9. The average molecular weight is 330 g/mol. The molecule has 0 radical (unpaired) electrons. The minimum Gasteiger partial charge on any atom is -0.497 e. The number of hydrogen-bond donors (Lipinski definition) is 2. The summed E-state index contributed by atoms with van der Waals surface area (Å²) in [5.74, 6) is 1.88. The van der Waals surface area contributed by atoms with Crippen molar-refractivity contribution in [2.24, 2.45) is 0 Å². The van der Waals surface area contributed by atoms with E-state index in [9.17, 15) is 4.79 Å². The molecule has 2 N–H and O–H groups in total. The SMILES string of the molecule is CCCNc1cc(C(=O)NCCOc2ccc(OC)cc2)ncn1. The second kappa shape index (κ2) is 9.34. The normalized spacial score (nSPS) is 10.1. The fourth-order valence-electron chi connectivity index (χ4n) is 1.93. The monoisotopic (exact) mass is 330 g/mol. The van der Waals surface area contributed by atoms with E-state index in [2.05, 4.69) is 27.5 Å². The highest BCUT2D eigenvalue weighted by Gasteiger charge is 2.08. The van der Waals surface area contributed by atoms with Gasteiger partial charge in [-0.3, -0.25) is 4.79 Å². The molecule has 1 heterocycles. The third kappa shape index (κ3) is 5.42. The molecule has 0 bridgehead atoms. The van der Waals surface area contributed by atoms with Crippen molar-refractivity contribution in [3.8, 4) is 11.5 Å². The number of ether oxygens (including phenoxy) is 2. The Balaban J connectivity index is 1.76. The van der Waals surface area contributed by atoms with Gasteiger partial charge in [-0.25, -0.2) is 9.97 Å².